The molecule has 1 unspecified atom stereocenters. The minimum atomic E-state index is -0.276. The van der Waals surface area contributed by atoms with E-state index in [4.69, 9.17) is 5.73 Å². The maximum atomic E-state index is 12.5. The zero-order valence-electron chi connectivity index (χ0n) is 14.6. The van der Waals surface area contributed by atoms with E-state index in [1.54, 1.807) is 16.8 Å². The maximum absolute atomic E-state index is 12.5. The van der Waals surface area contributed by atoms with Crippen molar-refractivity contribution in [2.75, 3.05) is 43.5 Å². The second-order valence-corrected chi connectivity index (χ2v) is 6.85. The van der Waals surface area contributed by atoms with E-state index in [9.17, 15) is 9.90 Å². The van der Waals surface area contributed by atoms with Crippen molar-refractivity contribution >= 4 is 11.5 Å². The molecule has 2 saturated heterocycles. The molecule has 0 amide bonds. The number of piperidine rings is 1. The molecule has 4 rings (SSSR count). The van der Waals surface area contributed by atoms with Crippen molar-refractivity contribution in [1.82, 2.24) is 20.2 Å². The van der Waals surface area contributed by atoms with Crippen molar-refractivity contribution in [3.05, 3.63) is 34.7 Å². The molecule has 0 bridgehead atoms. The first-order valence-corrected chi connectivity index (χ1v) is 9.02. The van der Waals surface area contributed by atoms with E-state index in [-0.39, 0.29) is 23.2 Å². The Balaban J connectivity index is 1.76. The Labute approximate surface area is 151 Å². The summed E-state index contributed by atoms with van der Waals surface area (Å²) in [5, 5.41) is 17.0. The van der Waals surface area contributed by atoms with Crippen LogP contribution in [0, 0.1) is 0 Å². The smallest absolute Gasteiger partial charge is 0.293 e. The number of anilines is 2. The highest BCUT2D eigenvalue weighted by atomic mass is 16.3. The van der Waals surface area contributed by atoms with Crippen LogP contribution in [-0.2, 0) is 0 Å². The Bertz CT molecular complexity index is 853. The van der Waals surface area contributed by atoms with Crippen LogP contribution >= 0.6 is 0 Å². The van der Waals surface area contributed by atoms with Crippen molar-refractivity contribution in [1.29, 1.82) is 0 Å². The van der Waals surface area contributed by atoms with Gasteiger partial charge in [-0.3, -0.25) is 10.1 Å². The molecule has 1 atom stereocenters. The molecule has 1 aromatic carbocycles. The fourth-order valence-electron chi connectivity index (χ4n) is 3.65. The van der Waals surface area contributed by atoms with Crippen LogP contribution in [0.1, 0.15) is 18.9 Å². The van der Waals surface area contributed by atoms with Crippen LogP contribution < -0.4 is 26.8 Å². The van der Waals surface area contributed by atoms with Gasteiger partial charge in [0, 0.05) is 43.1 Å². The van der Waals surface area contributed by atoms with Crippen molar-refractivity contribution in [2.45, 2.75) is 18.9 Å². The third-order valence-electron chi connectivity index (χ3n) is 5.10. The molecule has 5 N–H and O–H groups in total. The summed E-state index contributed by atoms with van der Waals surface area (Å²) < 4.78 is 1.66. The lowest BCUT2D eigenvalue weighted by Gasteiger charge is -2.25. The van der Waals surface area contributed by atoms with E-state index in [0.29, 0.717) is 11.3 Å². The third kappa shape index (κ3) is 3.13. The highest BCUT2D eigenvalue weighted by Crippen LogP contribution is 2.32. The van der Waals surface area contributed by atoms with E-state index in [0.717, 1.165) is 51.4 Å². The number of hydrogen-bond acceptors (Lipinski definition) is 7. The first-order chi connectivity index (χ1) is 12.6. The molecule has 26 heavy (non-hydrogen) atoms. The van der Waals surface area contributed by atoms with Crippen LogP contribution in [0.4, 0.5) is 11.5 Å². The topological polar surface area (TPSA) is 108 Å². The van der Waals surface area contributed by atoms with Gasteiger partial charge in [-0.25, -0.2) is 4.98 Å². The maximum Gasteiger partial charge on any atom is 0.293 e. The molecule has 8 nitrogen and oxygen atoms in total. The van der Waals surface area contributed by atoms with Gasteiger partial charge in [-0.2, -0.15) is 0 Å². The number of nitrogens with zero attached hydrogens (tertiary/aromatic N) is 3. The van der Waals surface area contributed by atoms with Gasteiger partial charge in [0.1, 0.15) is 5.75 Å². The van der Waals surface area contributed by atoms with Crippen LogP contribution in [0.5, 0.6) is 5.75 Å². The fraction of sp³-hybridized carbons (Fsp3) is 0.444. The van der Waals surface area contributed by atoms with E-state index in [2.05, 4.69) is 20.5 Å². The number of rotatable bonds is 3. The second kappa shape index (κ2) is 6.97. The van der Waals surface area contributed by atoms with Crippen LogP contribution in [0.3, 0.4) is 0 Å². The van der Waals surface area contributed by atoms with Crippen LogP contribution in [-0.4, -0.2) is 47.5 Å². The Morgan fingerprint density at radius 3 is 2.88 bits per heavy atom. The third-order valence-corrected chi connectivity index (χ3v) is 5.10. The predicted molar refractivity (Wildman–Crippen MR) is 101 cm³/mol. The van der Waals surface area contributed by atoms with Gasteiger partial charge in [0.15, 0.2) is 5.82 Å². The van der Waals surface area contributed by atoms with Crippen molar-refractivity contribution in [3.8, 4) is 17.0 Å². The lowest BCUT2D eigenvalue weighted by molar-refractivity contribution is 0.364. The summed E-state index contributed by atoms with van der Waals surface area (Å²) in [5.41, 5.74) is 7.73. The van der Waals surface area contributed by atoms with Gasteiger partial charge in [-0.15, -0.1) is 0 Å². The summed E-state index contributed by atoms with van der Waals surface area (Å²) in [6, 6.07) is 5.50. The molecule has 2 fully saturated rings. The van der Waals surface area contributed by atoms with E-state index in [1.165, 1.54) is 0 Å². The van der Waals surface area contributed by atoms with Gasteiger partial charge in [-0.1, -0.05) is 0 Å². The van der Waals surface area contributed by atoms with Gasteiger partial charge < -0.3 is 25.6 Å². The monoisotopic (exact) mass is 356 g/mol. The lowest BCUT2D eigenvalue weighted by Crippen LogP contribution is -2.37. The van der Waals surface area contributed by atoms with E-state index < -0.39 is 0 Å². The van der Waals surface area contributed by atoms with Crippen molar-refractivity contribution < 1.29 is 5.11 Å². The number of aromatic nitrogens is 2. The molecule has 2 aliphatic rings. The molecule has 8 heteroatoms. The number of nitrogens with one attached hydrogen (secondary N) is 2. The molecule has 0 aliphatic carbocycles. The SMILES string of the molecule is Nc1nc(-c2cc(N3CCNC3)ccc2O)cn(C2CCCNC2)c1=O. The van der Waals surface area contributed by atoms with Crippen LogP contribution in [0.2, 0.25) is 0 Å². The molecule has 2 aromatic rings. The van der Waals surface area contributed by atoms with Crippen LogP contribution in [0.15, 0.2) is 29.2 Å². The van der Waals surface area contributed by atoms with E-state index >= 15 is 0 Å². The zero-order chi connectivity index (χ0) is 18.1. The highest BCUT2D eigenvalue weighted by Gasteiger charge is 2.20. The van der Waals surface area contributed by atoms with Crippen LogP contribution in [0.25, 0.3) is 11.3 Å². The Hall–Kier alpha value is -2.58. The molecule has 3 heterocycles. The van der Waals surface area contributed by atoms with Gasteiger partial charge in [0.2, 0.25) is 0 Å². The number of nitrogens with two attached hydrogens (primary N) is 1. The average molecular weight is 356 g/mol. The molecule has 0 spiro atoms. The second-order valence-electron chi connectivity index (χ2n) is 6.85. The van der Waals surface area contributed by atoms with E-state index in [1.807, 2.05) is 12.1 Å². The number of nitrogen functional groups attached to an aromatic ring is 1. The number of aromatic hydroxyl groups is 1. The lowest BCUT2D eigenvalue weighted by atomic mass is 10.1. The molecular weight excluding hydrogens is 332 g/mol. The molecule has 138 valence electrons. The summed E-state index contributed by atoms with van der Waals surface area (Å²) in [4.78, 5) is 18.9. The molecule has 0 saturated carbocycles. The quantitative estimate of drug-likeness (QED) is 0.634. The fourth-order valence-corrected chi connectivity index (χ4v) is 3.65. The number of hydrogen-bond donors (Lipinski definition) is 4. The highest BCUT2D eigenvalue weighted by molar-refractivity contribution is 5.72. The summed E-state index contributed by atoms with van der Waals surface area (Å²) >= 11 is 0. The normalized spacial score (nSPS) is 20.5. The van der Waals surface area contributed by atoms with Crippen molar-refractivity contribution in [3.63, 3.8) is 0 Å². The zero-order valence-corrected chi connectivity index (χ0v) is 14.6. The minimum absolute atomic E-state index is 0.0410. The number of phenols is 1. The summed E-state index contributed by atoms with van der Waals surface area (Å²) in [6.07, 6.45) is 3.65. The average Bonchev–Trinajstić information content (AvgIpc) is 3.20. The minimum Gasteiger partial charge on any atom is -0.507 e. The summed E-state index contributed by atoms with van der Waals surface area (Å²) in [7, 11) is 0. The summed E-state index contributed by atoms with van der Waals surface area (Å²) in [6.45, 7) is 4.31. The van der Waals surface area contributed by atoms with Gasteiger partial charge in [-0.05, 0) is 37.6 Å². The first-order valence-electron chi connectivity index (χ1n) is 9.02. The molecular formula is C18H24N6O2. The Morgan fingerprint density at radius 2 is 2.15 bits per heavy atom. The molecule has 2 aliphatic heterocycles. The van der Waals surface area contributed by atoms with Gasteiger partial charge >= 0.3 is 0 Å². The first kappa shape index (κ1) is 16.9. The van der Waals surface area contributed by atoms with Gasteiger partial charge in [0.05, 0.1) is 12.4 Å². The Kier molecular flexibility index (Phi) is 4.52. The standard InChI is InChI=1S/C18H24N6O2/c19-17-18(26)24(13-2-1-5-20-9-13)10-15(22-17)14-8-12(3-4-16(14)25)23-7-6-21-11-23/h3-4,8,10,13,20-21,25H,1-2,5-7,9,11H2,(H2,19,22). The predicted octanol–water partition coefficient (Wildman–Crippen LogP) is 0.490. The number of benzene rings is 1. The van der Waals surface area contributed by atoms with Gasteiger partial charge in [0.25, 0.3) is 5.56 Å². The largest absolute Gasteiger partial charge is 0.507 e. The molecule has 1 aromatic heterocycles. The Morgan fingerprint density at radius 1 is 1.27 bits per heavy atom. The number of phenolic OH excluding ortho intramolecular Hbond substituents is 1. The summed E-state index contributed by atoms with van der Waals surface area (Å²) in [5.74, 6) is 0.0838. The van der Waals surface area contributed by atoms with Crippen molar-refractivity contribution in [2.24, 2.45) is 0 Å². The molecule has 0 radical (unpaired) electrons.